The zero-order valence-corrected chi connectivity index (χ0v) is 11.8. The minimum absolute atomic E-state index is 0.202. The second kappa shape index (κ2) is 6.20. The maximum Gasteiger partial charge on any atom is 0.391 e. The van der Waals surface area contributed by atoms with E-state index >= 15 is 0 Å². The van der Waals surface area contributed by atoms with Gasteiger partial charge in [-0.3, -0.25) is 0 Å². The summed E-state index contributed by atoms with van der Waals surface area (Å²) in [5.41, 5.74) is 4.90. The lowest BCUT2D eigenvalue weighted by atomic mass is 9.87. The molecule has 3 N–H and O–H groups in total. The van der Waals surface area contributed by atoms with Crippen LogP contribution >= 0.6 is 0 Å². The molecule has 2 aliphatic rings. The monoisotopic (exact) mass is 294 g/mol. The largest absolute Gasteiger partial charge is 0.391 e. The molecule has 118 valence electrons. The molecule has 1 aliphatic carbocycles. The molecule has 3 nitrogen and oxygen atoms in total. The first-order valence-electron chi connectivity index (χ1n) is 7.56. The average molecular weight is 294 g/mol. The molecule has 0 amide bonds. The van der Waals surface area contributed by atoms with E-state index in [9.17, 15) is 18.3 Å². The molecule has 6 heteroatoms. The molecule has 0 aromatic heterocycles. The zero-order valence-electron chi connectivity index (χ0n) is 11.8. The molecule has 0 bridgehead atoms. The number of nitrogens with zero attached hydrogens (tertiary/aromatic N) is 1. The lowest BCUT2D eigenvalue weighted by Crippen LogP contribution is -2.44. The van der Waals surface area contributed by atoms with Crippen LogP contribution in [0.2, 0.25) is 0 Å². The number of likely N-dealkylation sites (tertiary alicyclic amines) is 1. The number of hydrogen-bond donors (Lipinski definition) is 2. The van der Waals surface area contributed by atoms with E-state index in [4.69, 9.17) is 5.73 Å². The molecule has 0 radical (unpaired) electrons. The normalized spacial score (nSPS) is 33.8. The highest BCUT2D eigenvalue weighted by molar-refractivity contribution is 4.93. The van der Waals surface area contributed by atoms with Crippen molar-refractivity contribution in [1.82, 2.24) is 4.90 Å². The van der Waals surface area contributed by atoms with Crippen molar-refractivity contribution in [3.8, 4) is 0 Å². The Kier molecular flexibility index (Phi) is 4.97. The molecule has 2 rings (SSSR count). The van der Waals surface area contributed by atoms with Crippen LogP contribution in [0, 0.1) is 11.8 Å². The first-order chi connectivity index (χ1) is 9.35. The van der Waals surface area contributed by atoms with E-state index in [2.05, 4.69) is 4.90 Å². The fourth-order valence-corrected chi connectivity index (χ4v) is 3.63. The standard InChI is InChI=1S/C14H25F3N2O/c15-14(16,17)12-4-8-19(9-5-12)7-3-11-2-1-6-13(11,20)10-18/h11-12,20H,1-10,18H2. The van der Waals surface area contributed by atoms with Gasteiger partial charge in [0.05, 0.1) is 11.5 Å². The third-order valence-corrected chi connectivity index (χ3v) is 5.12. The minimum atomic E-state index is -4.04. The second-order valence-electron chi connectivity index (χ2n) is 6.34. The van der Waals surface area contributed by atoms with Crippen LogP contribution in [0.25, 0.3) is 0 Å². The highest BCUT2D eigenvalue weighted by atomic mass is 19.4. The minimum Gasteiger partial charge on any atom is -0.388 e. The Hall–Kier alpha value is -0.330. The van der Waals surface area contributed by atoms with E-state index in [-0.39, 0.29) is 25.3 Å². The van der Waals surface area contributed by atoms with Crippen molar-refractivity contribution < 1.29 is 18.3 Å². The summed E-state index contributed by atoms with van der Waals surface area (Å²) in [6.45, 7) is 2.08. The topological polar surface area (TPSA) is 49.5 Å². The van der Waals surface area contributed by atoms with E-state index in [1.807, 2.05) is 0 Å². The van der Waals surface area contributed by atoms with Crippen LogP contribution in [0.4, 0.5) is 13.2 Å². The van der Waals surface area contributed by atoms with Crippen molar-refractivity contribution >= 4 is 0 Å². The Bertz CT molecular complexity index is 316. The lowest BCUT2D eigenvalue weighted by molar-refractivity contribution is -0.185. The fourth-order valence-electron chi connectivity index (χ4n) is 3.63. The summed E-state index contributed by atoms with van der Waals surface area (Å²) in [5, 5.41) is 10.3. The predicted molar refractivity (Wildman–Crippen MR) is 71.2 cm³/mol. The molecule has 2 unspecified atom stereocenters. The number of alkyl halides is 3. The van der Waals surface area contributed by atoms with Crippen molar-refractivity contribution in [2.24, 2.45) is 17.6 Å². The molecule has 2 atom stereocenters. The highest BCUT2D eigenvalue weighted by Gasteiger charge is 2.42. The molecule has 1 aliphatic heterocycles. The molecule has 0 aromatic rings. The van der Waals surface area contributed by atoms with E-state index in [1.165, 1.54) is 0 Å². The van der Waals surface area contributed by atoms with Gasteiger partial charge < -0.3 is 15.7 Å². The van der Waals surface area contributed by atoms with Crippen LogP contribution in [0.15, 0.2) is 0 Å². The van der Waals surface area contributed by atoms with Crippen LogP contribution in [0.3, 0.4) is 0 Å². The Morgan fingerprint density at radius 1 is 1.20 bits per heavy atom. The lowest BCUT2D eigenvalue weighted by Gasteiger charge is -2.35. The van der Waals surface area contributed by atoms with Gasteiger partial charge in [-0.25, -0.2) is 0 Å². The van der Waals surface area contributed by atoms with Crippen molar-refractivity contribution in [1.29, 1.82) is 0 Å². The van der Waals surface area contributed by atoms with Gasteiger partial charge in [0.25, 0.3) is 0 Å². The summed E-state index contributed by atoms with van der Waals surface area (Å²) in [6, 6.07) is 0. The number of hydrogen-bond acceptors (Lipinski definition) is 3. The molecule has 1 saturated carbocycles. The number of aliphatic hydroxyl groups is 1. The van der Waals surface area contributed by atoms with Crippen LogP contribution in [-0.2, 0) is 0 Å². The van der Waals surface area contributed by atoms with Gasteiger partial charge in [0.1, 0.15) is 0 Å². The van der Waals surface area contributed by atoms with Gasteiger partial charge in [0, 0.05) is 6.54 Å². The summed E-state index contributed by atoms with van der Waals surface area (Å²) in [7, 11) is 0. The Balaban J connectivity index is 1.74. The first-order valence-corrected chi connectivity index (χ1v) is 7.56. The summed E-state index contributed by atoms with van der Waals surface area (Å²) in [6.07, 6.45) is -0.0715. The summed E-state index contributed by atoms with van der Waals surface area (Å²) >= 11 is 0. The van der Waals surface area contributed by atoms with Crippen LogP contribution in [0.1, 0.15) is 38.5 Å². The molecular weight excluding hydrogens is 269 g/mol. The predicted octanol–water partition coefficient (Wildman–Crippen LogP) is 2.14. The van der Waals surface area contributed by atoms with Gasteiger partial charge in [-0.15, -0.1) is 0 Å². The van der Waals surface area contributed by atoms with Gasteiger partial charge in [-0.2, -0.15) is 13.2 Å². The maximum atomic E-state index is 12.6. The quantitative estimate of drug-likeness (QED) is 0.835. The smallest absolute Gasteiger partial charge is 0.388 e. The Morgan fingerprint density at radius 2 is 1.85 bits per heavy atom. The third kappa shape index (κ3) is 3.65. The van der Waals surface area contributed by atoms with Gasteiger partial charge in [0.2, 0.25) is 0 Å². The van der Waals surface area contributed by atoms with Crippen molar-refractivity contribution in [3.63, 3.8) is 0 Å². The summed E-state index contributed by atoms with van der Waals surface area (Å²) in [4.78, 5) is 2.09. The maximum absolute atomic E-state index is 12.6. The van der Waals surface area contributed by atoms with Crippen molar-refractivity contribution in [2.75, 3.05) is 26.2 Å². The Morgan fingerprint density at radius 3 is 2.40 bits per heavy atom. The molecule has 20 heavy (non-hydrogen) atoms. The number of rotatable bonds is 4. The third-order valence-electron chi connectivity index (χ3n) is 5.12. The molecule has 1 saturated heterocycles. The van der Waals surface area contributed by atoms with Crippen LogP contribution in [-0.4, -0.2) is 48.0 Å². The number of halogens is 3. The molecular formula is C14H25F3N2O. The first kappa shape index (κ1) is 16.0. The van der Waals surface area contributed by atoms with Gasteiger partial charge in [-0.1, -0.05) is 6.42 Å². The second-order valence-corrected chi connectivity index (χ2v) is 6.34. The summed E-state index contributed by atoms with van der Waals surface area (Å²) < 4.78 is 37.7. The molecule has 2 fully saturated rings. The number of piperidine rings is 1. The SMILES string of the molecule is NCC1(O)CCCC1CCN1CCC(C(F)(F)F)CC1. The van der Waals surface area contributed by atoms with E-state index in [0.717, 1.165) is 32.2 Å². The average Bonchev–Trinajstić information content (AvgIpc) is 2.78. The Labute approximate surface area is 118 Å². The van der Waals surface area contributed by atoms with Gasteiger partial charge >= 0.3 is 6.18 Å². The molecule has 0 spiro atoms. The van der Waals surface area contributed by atoms with Crippen molar-refractivity contribution in [3.05, 3.63) is 0 Å². The molecule has 1 heterocycles. The zero-order chi connectivity index (χ0) is 14.8. The van der Waals surface area contributed by atoms with Gasteiger partial charge in [0.15, 0.2) is 0 Å². The van der Waals surface area contributed by atoms with Crippen LogP contribution in [0.5, 0.6) is 0 Å². The summed E-state index contributed by atoms with van der Waals surface area (Å²) in [5.74, 6) is -0.931. The van der Waals surface area contributed by atoms with E-state index in [1.54, 1.807) is 0 Å². The van der Waals surface area contributed by atoms with Gasteiger partial charge in [-0.05, 0) is 57.7 Å². The fraction of sp³-hybridized carbons (Fsp3) is 1.00. The number of nitrogens with two attached hydrogens (primary N) is 1. The highest BCUT2D eigenvalue weighted by Crippen LogP contribution is 2.38. The van der Waals surface area contributed by atoms with E-state index < -0.39 is 17.7 Å². The van der Waals surface area contributed by atoms with Crippen molar-refractivity contribution in [2.45, 2.75) is 50.3 Å². The van der Waals surface area contributed by atoms with E-state index in [0.29, 0.717) is 13.1 Å². The molecule has 0 aromatic carbocycles. The van der Waals surface area contributed by atoms with Crippen LogP contribution < -0.4 is 5.73 Å².